The molecule has 0 amide bonds. The van der Waals surface area contributed by atoms with Crippen molar-refractivity contribution in [2.24, 2.45) is 0 Å². The Morgan fingerprint density at radius 3 is 2.30 bits per heavy atom. The van der Waals surface area contributed by atoms with E-state index in [1.54, 1.807) is 66.7 Å². The maximum atomic E-state index is 13.1. The topological polar surface area (TPSA) is 98.2 Å². The van der Waals surface area contributed by atoms with Crippen molar-refractivity contribution < 1.29 is 22.8 Å². The molecule has 4 rings (SSSR count). The van der Waals surface area contributed by atoms with Crippen LogP contribution in [-0.4, -0.2) is 31.0 Å². The van der Waals surface area contributed by atoms with Gasteiger partial charge in [0.05, 0.1) is 10.6 Å². The maximum absolute atomic E-state index is 13.1. The van der Waals surface area contributed by atoms with E-state index in [0.717, 1.165) is 17.5 Å². The van der Waals surface area contributed by atoms with Crippen molar-refractivity contribution >= 4 is 64.1 Å². The molecule has 1 aliphatic rings. The first-order valence-electron chi connectivity index (χ1n) is 9.70. The Morgan fingerprint density at radius 1 is 1.00 bits per heavy atom. The summed E-state index contributed by atoms with van der Waals surface area (Å²) in [6.07, 6.45) is -0.0702. The Labute approximate surface area is 206 Å². The molecule has 0 spiro atoms. The summed E-state index contributed by atoms with van der Waals surface area (Å²) in [5.74, 6) is 0. The molecule has 0 saturated carbocycles. The van der Waals surface area contributed by atoms with Gasteiger partial charge >= 0.3 is 7.60 Å². The normalized spacial score (nSPS) is 13.8. The molecule has 3 aromatic rings. The van der Waals surface area contributed by atoms with Gasteiger partial charge in [-0.25, -0.2) is 8.42 Å². The van der Waals surface area contributed by atoms with Gasteiger partial charge in [-0.15, -0.1) is 0 Å². The van der Waals surface area contributed by atoms with Crippen molar-refractivity contribution in [3.63, 3.8) is 0 Å². The van der Waals surface area contributed by atoms with E-state index in [2.05, 4.69) is 0 Å². The van der Waals surface area contributed by atoms with Crippen LogP contribution >= 0.6 is 42.7 Å². The van der Waals surface area contributed by atoms with Gasteiger partial charge in [0.2, 0.25) is 0 Å². The lowest BCUT2D eigenvalue weighted by Gasteiger charge is -2.25. The summed E-state index contributed by atoms with van der Waals surface area (Å²) in [5, 5.41) is 0.800. The molecule has 0 saturated heterocycles. The van der Waals surface area contributed by atoms with E-state index in [0.29, 0.717) is 32.7 Å². The molecule has 33 heavy (non-hydrogen) atoms. The van der Waals surface area contributed by atoms with Crippen molar-refractivity contribution in [1.29, 1.82) is 0 Å². The van der Waals surface area contributed by atoms with E-state index in [-0.39, 0.29) is 11.4 Å². The molecule has 0 fully saturated rings. The monoisotopic (exact) mass is 544 g/mol. The van der Waals surface area contributed by atoms with Gasteiger partial charge in [-0.05, 0) is 72.5 Å². The first-order valence-corrected chi connectivity index (χ1v) is 14.5. The highest BCUT2D eigenvalue weighted by Crippen LogP contribution is 2.44. The summed E-state index contributed by atoms with van der Waals surface area (Å²) in [6, 6.07) is 18.1. The van der Waals surface area contributed by atoms with Crippen molar-refractivity contribution in [3.05, 3.63) is 82.3 Å². The number of rotatable bonds is 7. The number of hydrogen-bond donors (Lipinski definition) is 2. The van der Waals surface area contributed by atoms with Crippen molar-refractivity contribution in [1.82, 2.24) is 0 Å². The molecule has 1 heterocycles. The van der Waals surface area contributed by atoms with Gasteiger partial charge in [-0.1, -0.05) is 41.4 Å². The summed E-state index contributed by atoms with van der Waals surface area (Å²) in [7, 11) is -8.13. The molecule has 0 unspecified atom stereocenters. The first kappa shape index (κ1) is 24.4. The van der Waals surface area contributed by atoms with Gasteiger partial charge in [-0.3, -0.25) is 13.2 Å². The Hall–Kier alpha value is -1.71. The average Bonchev–Trinajstić information content (AvgIpc) is 3.16. The van der Waals surface area contributed by atoms with Crippen molar-refractivity contribution in [2.45, 2.75) is 16.2 Å². The second kappa shape index (κ2) is 9.50. The summed E-state index contributed by atoms with van der Waals surface area (Å²) < 4.78 is 40.8. The lowest BCUT2D eigenvalue weighted by molar-refractivity contribution is 0.374. The zero-order valence-corrected chi connectivity index (χ0v) is 21.0. The fraction of sp³-hybridized carbons (Fsp3) is 0.143. The van der Waals surface area contributed by atoms with Gasteiger partial charge in [0, 0.05) is 27.2 Å². The molecule has 12 heteroatoms. The fourth-order valence-corrected chi connectivity index (χ4v) is 7.71. The Balaban J connectivity index is 1.67. The van der Waals surface area contributed by atoms with Crippen LogP contribution in [0.3, 0.4) is 0 Å². The third-order valence-corrected chi connectivity index (χ3v) is 9.01. The van der Waals surface area contributed by atoms with E-state index < -0.39 is 23.9 Å². The summed E-state index contributed by atoms with van der Waals surface area (Å²) in [4.78, 5) is 20.1. The van der Waals surface area contributed by atoms with Gasteiger partial charge < -0.3 is 9.79 Å². The molecule has 0 aliphatic carbocycles. The SMILES string of the molecule is O=P(O)(O)CN(Sc1cc(Cl)cc(Cl)c1)c1ccc2c(c1)CCN2S(=O)(=O)c1ccccc1. The predicted molar refractivity (Wildman–Crippen MR) is 133 cm³/mol. The molecule has 174 valence electrons. The molecular formula is C21H19Cl2N2O5PS2. The molecule has 2 N–H and O–H groups in total. The fourth-order valence-electron chi connectivity index (χ4n) is 3.52. The van der Waals surface area contributed by atoms with Crippen molar-refractivity contribution in [3.8, 4) is 0 Å². The number of sulfonamides is 1. The van der Waals surface area contributed by atoms with Crippen molar-refractivity contribution in [2.75, 3.05) is 21.4 Å². The predicted octanol–water partition coefficient (Wildman–Crippen LogP) is 5.39. The standard InChI is InChI=1S/C21H19Cl2N2O5PS2/c22-16-11-17(23)13-19(12-16)32-24(14-31(26,27)28)18-6-7-21-15(10-18)8-9-25(21)33(29,30)20-4-2-1-3-5-20/h1-7,10-13H,8-9,14H2,(H2,26,27,28). The van der Waals surface area contributed by atoms with Crippen LogP contribution in [0.25, 0.3) is 0 Å². The highest BCUT2D eigenvalue weighted by Gasteiger charge is 2.31. The Kier molecular flexibility index (Phi) is 7.03. The molecule has 0 atom stereocenters. The molecule has 1 aliphatic heterocycles. The van der Waals surface area contributed by atoms with Crippen LogP contribution in [0.4, 0.5) is 11.4 Å². The minimum Gasteiger partial charge on any atom is -0.323 e. The van der Waals surface area contributed by atoms with Gasteiger partial charge in [-0.2, -0.15) is 0 Å². The zero-order chi connectivity index (χ0) is 23.8. The van der Waals surface area contributed by atoms with Gasteiger partial charge in [0.15, 0.2) is 0 Å². The van der Waals surface area contributed by atoms with Crippen LogP contribution in [0.15, 0.2) is 76.5 Å². The van der Waals surface area contributed by atoms with E-state index in [1.807, 2.05) is 0 Å². The molecule has 0 radical (unpaired) electrons. The minimum absolute atomic E-state index is 0.207. The number of benzene rings is 3. The molecule has 0 aromatic heterocycles. The number of hydrogen-bond acceptors (Lipinski definition) is 5. The maximum Gasteiger partial charge on any atom is 0.345 e. The highest BCUT2D eigenvalue weighted by atomic mass is 35.5. The third-order valence-electron chi connectivity index (χ3n) is 4.90. The van der Waals surface area contributed by atoms with Gasteiger partial charge in [0.25, 0.3) is 10.0 Å². The molecule has 0 bridgehead atoms. The van der Waals surface area contributed by atoms with E-state index in [1.165, 1.54) is 8.61 Å². The number of halogens is 2. The van der Waals surface area contributed by atoms with Crippen LogP contribution in [0.2, 0.25) is 10.0 Å². The largest absolute Gasteiger partial charge is 0.345 e. The number of nitrogens with zero attached hydrogens (tertiary/aromatic N) is 2. The summed E-state index contributed by atoms with van der Waals surface area (Å²) in [5.41, 5.74) is 1.85. The first-order chi connectivity index (χ1) is 15.5. The van der Waals surface area contributed by atoms with E-state index in [9.17, 15) is 22.8 Å². The van der Waals surface area contributed by atoms with E-state index >= 15 is 0 Å². The van der Waals surface area contributed by atoms with Crippen LogP contribution < -0.4 is 8.61 Å². The molecular weight excluding hydrogens is 526 g/mol. The smallest absolute Gasteiger partial charge is 0.323 e. The van der Waals surface area contributed by atoms with E-state index in [4.69, 9.17) is 23.2 Å². The number of fused-ring (bicyclic) bond motifs is 1. The van der Waals surface area contributed by atoms with Crippen LogP contribution in [0.5, 0.6) is 0 Å². The Morgan fingerprint density at radius 2 is 1.67 bits per heavy atom. The minimum atomic E-state index is -4.41. The second-order valence-electron chi connectivity index (χ2n) is 7.33. The lowest BCUT2D eigenvalue weighted by atomic mass is 10.1. The van der Waals surface area contributed by atoms with Crippen LogP contribution in [0, 0.1) is 0 Å². The highest BCUT2D eigenvalue weighted by molar-refractivity contribution is 8.01. The van der Waals surface area contributed by atoms with Gasteiger partial charge in [0.1, 0.15) is 6.29 Å². The third kappa shape index (κ3) is 5.69. The number of anilines is 2. The summed E-state index contributed by atoms with van der Waals surface area (Å²) in [6.45, 7) is 0.283. The zero-order valence-electron chi connectivity index (χ0n) is 17.0. The Bertz CT molecular complexity index is 1320. The van der Waals surface area contributed by atoms with Crippen LogP contribution in [0.1, 0.15) is 5.56 Å². The summed E-state index contributed by atoms with van der Waals surface area (Å²) >= 11 is 13.2. The van der Waals surface area contributed by atoms with Crippen LogP contribution in [-0.2, 0) is 21.0 Å². The second-order valence-corrected chi connectivity index (χ2v) is 12.8. The average molecular weight is 545 g/mol. The molecule has 3 aromatic carbocycles. The molecule has 7 nitrogen and oxygen atoms in total. The lowest BCUT2D eigenvalue weighted by Crippen LogP contribution is -2.29. The quantitative estimate of drug-likeness (QED) is 0.303.